The highest BCUT2D eigenvalue weighted by Gasteiger charge is 2.21. The molecule has 1 atom stereocenters. The van der Waals surface area contributed by atoms with E-state index in [2.05, 4.69) is 75.7 Å². The minimum atomic E-state index is -0.127. The van der Waals surface area contributed by atoms with Gasteiger partial charge in [-0.3, -0.25) is 0 Å². The average Bonchev–Trinajstić information content (AvgIpc) is 2.43. The van der Waals surface area contributed by atoms with Crippen LogP contribution in [-0.2, 0) is 0 Å². The van der Waals surface area contributed by atoms with Crippen molar-refractivity contribution in [3.63, 3.8) is 0 Å². The first-order valence-corrected chi connectivity index (χ1v) is 8.45. The van der Waals surface area contributed by atoms with Crippen LogP contribution in [0.25, 0.3) is 0 Å². The third-order valence-corrected chi connectivity index (χ3v) is 5.88. The summed E-state index contributed by atoms with van der Waals surface area (Å²) in [6.45, 7) is 13.0. The van der Waals surface area contributed by atoms with Crippen molar-refractivity contribution in [2.75, 3.05) is 0 Å². The fourth-order valence-electron chi connectivity index (χ4n) is 2.90. The summed E-state index contributed by atoms with van der Waals surface area (Å²) in [4.78, 5) is 0. The molecule has 0 aromatic heterocycles. The molecule has 1 unspecified atom stereocenters. The van der Waals surface area contributed by atoms with Crippen molar-refractivity contribution in [1.29, 1.82) is 0 Å². The number of hydrogen-bond acceptors (Lipinski definition) is 0. The number of halogens is 2. The van der Waals surface area contributed by atoms with E-state index in [1.165, 1.54) is 38.9 Å². The second-order valence-corrected chi connectivity index (χ2v) is 7.22. The van der Waals surface area contributed by atoms with Crippen molar-refractivity contribution in [1.82, 2.24) is 0 Å². The van der Waals surface area contributed by atoms with Crippen LogP contribution >= 0.6 is 27.5 Å². The Morgan fingerprint density at radius 3 is 1.76 bits per heavy atom. The van der Waals surface area contributed by atoms with Crippen LogP contribution < -0.4 is 0 Å². The van der Waals surface area contributed by atoms with E-state index in [9.17, 15) is 0 Å². The van der Waals surface area contributed by atoms with Crippen LogP contribution in [0.5, 0.6) is 0 Å². The molecule has 0 aliphatic heterocycles. The van der Waals surface area contributed by atoms with Crippen molar-refractivity contribution >= 4 is 27.5 Å². The van der Waals surface area contributed by atoms with Crippen molar-refractivity contribution in [2.45, 2.75) is 46.9 Å². The van der Waals surface area contributed by atoms with Crippen molar-refractivity contribution < 1.29 is 0 Å². The van der Waals surface area contributed by atoms with Crippen LogP contribution in [0, 0.1) is 41.5 Å². The molecule has 0 fully saturated rings. The second-order valence-electron chi connectivity index (χ2n) is 5.93. The number of hydrogen-bond donors (Lipinski definition) is 0. The minimum Gasteiger partial charge on any atom is -0.113 e. The van der Waals surface area contributed by atoms with Gasteiger partial charge in [-0.15, -0.1) is 11.6 Å². The average molecular weight is 366 g/mol. The van der Waals surface area contributed by atoms with E-state index < -0.39 is 0 Å². The number of rotatable bonds is 2. The zero-order valence-corrected chi connectivity index (χ0v) is 15.9. The van der Waals surface area contributed by atoms with Gasteiger partial charge in [0.1, 0.15) is 0 Å². The van der Waals surface area contributed by atoms with Gasteiger partial charge in [-0.2, -0.15) is 0 Å². The lowest BCUT2D eigenvalue weighted by Crippen LogP contribution is -2.06. The van der Waals surface area contributed by atoms with Gasteiger partial charge in [-0.05, 0) is 92.1 Å². The lowest BCUT2D eigenvalue weighted by Gasteiger charge is -2.23. The first-order valence-electron chi connectivity index (χ1n) is 7.22. The lowest BCUT2D eigenvalue weighted by molar-refractivity contribution is 1.03. The number of alkyl halides is 1. The fourth-order valence-corrected chi connectivity index (χ4v) is 4.27. The molecule has 0 saturated heterocycles. The molecule has 0 heterocycles. The van der Waals surface area contributed by atoms with Crippen LogP contribution in [0.1, 0.15) is 49.9 Å². The molecule has 0 bridgehead atoms. The molecule has 2 aromatic rings. The van der Waals surface area contributed by atoms with E-state index in [0.29, 0.717) is 0 Å². The predicted molar refractivity (Wildman–Crippen MR) is 96.7 cm³/mol. The smallest absolute Gasteiger partial charge is 0.0851 e. The Kier molecular flexibility index (Phi) is 4.85. The SMILES string of the molecule is Cc1ccc(C(Cl)c2c(C)c(C)c(C)c(C)c2C)c(Br)c1. The van der Waals surface area contributed by atoms with Gasteiger partial charge in [0.2, 0.25) is 0 Å². The third-order valence-electron chi connectivity index (χ3n) is 4.74. The predicted octanol–water partition coefficient (Wildman–Crippen LogP) is 6.63. The zero-order chi connectivity index (χ0) is 15.9. The lowest BCUT2D eigenvalue weighted by atomic mass is 9.86. The van der Waals surface area contributed by atoms with Crippen LogP contribution in [0.4, 0.5) is 0 Å². The van der Waals surface area contributed by atoms with E-state index in [0.717, 1.165) is 10.0 Å². The van der Waals surface area contributed by atoms with Gasteiger partial charge in [-0.1, -0.05) is 28.1 Å². The Bertz CT molecular complexity index is 672. The summed E-state index contributed by atoms with van der Waals surface area (Å²) in [6.07, 6.45) is 0. The molecule has 0 saturated carbocycles. The largest absolute Gasteiger partial charge is 0.113 e. The number of benzene rings is 2. The fraction of sp³-hybridized carbons (Fsp3) is 0.368. The molecule has 0 amide bonds. The van der Waals surface area contributed by atoms with Crippen molar-refractivity contribution in [2.24, 2.45) is 0 Å². The van der Waals surface area contributed by atoms with Gasteiger partial charge >= 0.3 is 0 Å². The summed E-state index contributed by atoms with van der Waals surface area (Å²) in [5, 5.41) is -0.127. The molecule has 0 aliphatic carbocycles. The van der Waals surface area contributed by atoms with Crippen LogP contribution in [0.15, 0.2) is 22.7 Å². The molecule has 0 aliphatic rings. The van der Waals surface area contributed by atoms with Crippen LogP contribution in [-0.4, -0.2) is 0 Å². The minimum absolute atomic E-state index is 0.127. The molecule has 112 valence electrons. The van der Waals surface area contributed by atoms with Gasteiger partial charge in [0, 0.05) is 4.47 Å². The molecule has 0 spiro atoms. The molecular formula is C19H22BrCl. The standard InChI is InChI=1S/C19H22BrCl/c1-10-7-8-16(17(20)9-10)19(21)18-14(5)12(3)11(2)13(4)15(18)6/h7-9,19H,1-6H3. The summed E-state index contributed by atoms with van der Waals surface area (Å²) in [7, 11) is 0. The molecule has 0 radical (unpaired) electrons. The molecule has 0 nitrogen and oxygen atoms in total. The van der Waals surface area contributed by atoms with Crippen molar-refractivity contribution in [3.05, 3.63) is 67.2 Å². The van der Waals surface area contributed by atoms with E-state index in [1.54, 1.807) is 0 Å². The van der Waals surface area contributed by atoms with Gasteiger partial charge in [0.05, 0.1) is 5.38 Å². The highest BCUT2D eigenvalue weighted by molar-refractivity contribution is 9.10. The summed E-state index contributed by atoms with van der Waals surface area (Å²) >= 11 is 10.5. The molecule has 0 N–H and O–H groups in total. The Morgan fingerprint density at radius 1 is 0.810 bits per heavy atom. The van der Waals surface area contributed by atoms with Gasteiger partial charge in [-0.25, -0.2) is 0 Å². The summed E-state index contributed by atoms with van der Waals surface area (Å²) in [6, 6.07) is 6.37. The van der Waals surface area contributed by atoms with E-state index >= 15 is 0 Å². The Hall–Kier alpha value is -0.790. The normalized spacial score (nSPS) is 12.6. The summed E-state index contributed by atoms with van der Waals surface area (Å²) < 4.78 is 1.08. The summed E-state index contributed by atoms with van der Waals surface area (Å²) in [5.41, 5.74) is 10.3. The highest BCUT2D eigenvalue weighted by Crippen LogP contribution is 2.40. The Balaban J connectivity index is 2.66. The van der Waals surface area contributed by atoms with Crippen LogP contribution in [0.3, 0.4) is 0 Å². The van der Waals surface area contributed by atoms with Crippen molar-refractivity contribution in [3.8, 4) is 0 Å². The second kappa shape index (κ2) is 6.14. The monoisotopic (exact) mass is 364 g/mol. The first kappa shape index (κ1) is 16.6. The van der Waals surface area contributed by atoms with Crippen LogP contribution in [0.2, 0.25) is 0 Å². The third kappa shape index (κ3) is 2.91. The quantitative estimate of drug-likeness (QED) is 0.524. The van der Waals surface area contributed by atoms with Gasteiger partial charge in [0.15, 0.2) is 0 Å². The van der Waals surface area contributed by atoms with E-state index in [4.69, 9.17) is 11.6 Å². The molecule has 2 aromatic carbocycles. The maximum Gasteiger partial charge on any atom is 0.0851 e. The molecule has 21 heavy (non-hydrogen) atoms. The topological polar surface area (TPSA) is 0 Å². The van der Waals surface area contributed by atoms with Gasteiger partial charge in [0.25, 0.3) is 0 Å². The molecular weight excluding hydrogens is 344 g/mol. The maximum atomic E-state index is 6.87. The summed E-state index contributed by atoms with van der Waals surface area (Å²) in [5.74, 6) is 0. The van der Waals surface area contributed by atoms with E-state index in [-0.39, 0.29) is 5.38 Å². The zero-order valence-electron chi connectivity index (χ0n) is 13.6. The Labute approximate surface area is 141 Å². The Morgan fingerprint density at radius 2 is 1.29 bits per heavy atom. The molecule has 2 heteroatoms. The maximum absolute atomic E-state index is 6.87. The first-order chi connectivity index (χ1) is 9.75. The highest BCUT2D eigenvalue weighted by atomic mass is 79.9. The van der Waals surface area contributed by atoms with E-state index in [1.807, 2.05) is 0 Å². The molecule has 2 rings (SSSR count). The van der Waals surface area contributed by atoms with Gasteiger partial charge < -0.3 is 0 Å². The number of aryl methyl sites for hydroxylation is 1.